The fourth-order valence-electron chi connectivity index (χ4n) is 3.39. The summed E-state index contributed by atoms with van der Waals surface area (Å²) >= 11 is 0. The number of nitrogens with one attached hydrogen (secondary N) is 2. The van der Waals surface area contributed by atoms with Crippen molar-refractivity contribution in [2.24, 2.45) is 5.92 Å². The van der Waals surface area contributed by atoms with E-state index in [1.807, 2.05) is 33.8 Å². The zero-order chi connectivity index (χ0) is 21.1. The number of carbonyl (C=O) groups excluding carboxylic acids is 2. The van der Waals surface area contributed by atoms with Crippen LogP contribution < -0.4 is 10.6 Å². The molecule has 1 aromatic carbocycles. The molecule has 7 nitrogen and oxygen atoms in total. The van der Waals surface area contributed by atoms with Gasteiger partial charge in [0.2, 0.25) is 5.91 Å². The van der Waals surface area contributed by atoms with Gasteiger partial charge in [0.15, 0.2) is 0 Å². The van der Waals surface area contributed by atoms with Gasteiger partial charge in [0, 0.05) is 29.1 Å². The highest BCUT2D eigenvalue weighted by Gasteiger charge is 2.31. The molecule has 0 saturated heterocycles. The number of aromatic hydroxyl groups is 1. The zero-order valence-corrected chi connectivity index (χ0v) is 17.5. The van der Waals surface area contributed by atoms with Gasteiger partial charge < -0.3 is 15.7 Å². The summed E-state index contributed by atoms with van der Waals surface area (Å²) in [6.07, 6.45) is 3.59. The number of hydrogen-bond acceptors (Lipinski definition) is 4. The van der Waals surface area contributed by atoms with Crippen LogP contribution in [0.1, 0.15) is 65.0 Å². The lowest BCUT2D eigenvalue weighted by Gasteiger charge is -2.13. The first kappa shape index (κ1) is 20.9. The highest BCUT2D eigenvalue weighted by molar-refractivity contribution is 5.93. The number of hydrogen-bond donors (Lipinski definition) is 3. The Hall–Kier alpha value is -2.83. The largest absolute Gasteiger partial charge is 0.507 e. The first-order chi connectivity index (χ1) is 13.8. The summed E-state index contributed by atoms with van der Waals surface area (Å²) in [7, 11) is 0. The highest BCUT2D eigenvalue weighted by Crippen LogP contribution is 2.42. The molecular weight excluding hydrogens is 368 g/mol. The predicted octanol–water partition coefficient (Wildman–Crippen LogP) is 4.47. The van der Waals surface area contributed by atoms with E-state index in [1.165, 1.54) is 4.68 Å². The minimum atomic E-state index is -0.272. The average Bonchev–Trinajstić information content (AvgIpc) is 3.42. The summed E-state index contributed by atoms with van der Waals surface area (Å²) in [5.41, 5.74) is 2.46. The van der Waals surface area contributed by atoms with Gasteiger partial charge in [-0.25, -0.2) is 4.79 Å². The van der Waals surface area contributed by atoms with Crippen LogP contribution in [-0.4, -0.2) is 32.9 Å². The summed E-state index contributed by atoms with van der Waals surface area (Å²) in [5, 5.41) is 20.7. The molecule has 0 unspecified atom stereocenters. The lowest BCUT2D eigenvalue weighted by atomic mass is 10.0. The Morgan fingerprint density at radius 3 is 2.48 bits per heavy atom. The van der Waals surface area contributed by atoms with Crippen molar-refractivity contribution < 1.29 is 14.7 Å². The second kappa shape index (κ2) is 8.68. The third kappa shape index (κ3) is 4.78. The number of nitrogens with zero attached hydrogens (tertiary/aromatic N) is 2. The fourth-order valence-corrected chi connectivity index (χ4v) is 3.39. The van der Waals surface area contributed by atoms with Gasteiger partial charge in [0.1, 0.15) is 5.75 Å². The van der Waals surface area contributed by atoms with E-state index in [0.717, 1.165) is 31.4 Å². The quantitative estimate of drug-likeness (QED) is 0.599. The number of rotatable bonds is 7. The van der Waals surface area contributed by atoms with Crippen molar-refractivity contribution in [1.82, 2.24) is 15.1 Å². The first-order valence-corrected chi connectivity index (χ1v) is 10.4. The van der Waals surface area contributed by atoms with E-state index >= 15 is 0 Å². The number of phenolic OH excluding ortho intramolecular Hbond substituents is 1. The molecule has 3 N–H and O–H groups in total. The van der Waals surface area contributed by atoms with Gasteiger partial charge in [-0.2, -0.15) is 9.78 Å². The number of phenols is 1. The van der Waals surface area contributed by atoms with Crippen molar-refractivity contribution in [2.45, 2.75) is 65.3 Å². The molecule has 1 heterocycles. The highest BCUT2D eigenvalue weighted by atomic mass is 16.3. The Morgan fingerprint density at radius 2 is 1.90 bits per heavy atom. The number of benzene rings is 1. The maximum Gasteiger partial charge on any atom is 0.342 e. The zero-order valence-electron chi connectivity index (χ0n) is 17.5. The number of anilines is 1. The molecule has 3 rings (SSSR count). The van der Waals surface area contributed by atoms with Crippen LogP contribution in [0, 0.1) is 5.92 Å². The van der Waals surface area contributed by atoms with E-state index in [9.17, 15) is 14.7 Å². The van der Waals surface area contributed by atoms with Crippen molar-refractivity contribution in [3.8, 4) is 17.0 Å². The Kier molecular flexibility index (Phi) is 6.25. The van der Waals surface area contributed by atoms with Gasteiger partial charge in [-0.1, -0.05) is 13.8 Å². The Bertz CT molecular complexity index is 895. The Balaban J connectivity index is 1.92. The number of carbonyl (C=O) groups is 2. The third-order valence-electron chi connectivity index (χ3n) is 5.23. The molecule has 156 valence electrons. The molecule has 2 aromatic rings. The van der Waals surface area contributed by atoms with Gasteiger partial charge in [-0.05, 0) is 63.8 Å². The molecule has 0 bridgehead atoms. The number of amides is 2. The second-order valence-corrected chi connectivity index (χ2v) is 7.98. The SMILES string of the molecule is CCC(CC)C(=O)Nc1ccc(O)c(-c2cc(C3CC3)n(C(=O)NC(C)C)n2)c1. The van der Waals surface area contributed by atoms with Crippen molar-refractivity contribution in [1.29, 1.82) is 0 Å². The van der Waals surface area contributed by atoms with E-state index in [0.29, 0.717) is 22.9 Å². The van der Waals surface area contributed by atoms with Crippen molar-refractivity contribution in [3.05, 3.63) is 30.0 Å². The molecule has 1 aliphatic carbocycles. The topological polar surface area (TPSA) is 96.2 Å². The van der Waals surface area contributed by atoms with E-state index in [-0.39, 0.29) is 29.6 Å². The maximum absolute atomic E-state index is 12.6. The van der Waals surface area contributed by atoms with Crippen LogP contribution in [0.25, 0.3) is 11.3 Å². The van der Waals surface area contributed by atoms with E-state index in [1.54, 1.807) is 18.2 Å². The van der Waals surface area contributed by atoms with Crippen LogP contribution in [-0.2, 0) is 4.79 Å². The molecule has 0 aliphatic heterocycles. The van der Waals surface area contributed by atoms with Crippen molar-refractivity contribution in [2.75, 3.05) is 5.32 Å². The second-order valence-electron chi connectivity index (χ2n) is 7.98. The lowest BCUT2D eigenvalue weighted by molar-refractivity contribution is -0.120. The average molecular weight is 399 g/mol. The van der Waals surface area contributed by atoms with Crippen LogP contribution in [0.2, 0.25) is 0 Å². The predicted molar refractivity (Wildman–Crippen MR) is 113 cm³/mol. The smallest absolute Gasteiger partial charge is 0.342 e. The summed E-state index contributed by atoms with van der Waals surface area (Å²) in [5.74, 6) is 0.288. The molecule has 1 fully saturated rings. The molecule has 1 aromatic heterocycles. The van der Waals surface area contributed by atoms with Gasteiger partial charge in [-0.15, -0.1) is 0 Å². The van der Waals surface area contributed by atoms with Crippen molar-refractivity contribution >= 4 is 17.6 Å². The monoisotopic (exact) mass is 398 g/mol. The van der Waals surface area contributed by atoms with Gasteiger partial charge in [0.25, 0.3) is 0 Å². The summed E-state index contributed by atoms with van der Waals surface area (Å²) in [4.78, 5) is 25.0. The normalized spacial score (nSPS) is 13.7. The standard InChI is InChI=1S/C22H30N4O3/c1-5-14(6-2)21(28)24-16-9-10-20(27)17(11-16)18-12-19(15-7-8-15)26(25-18)22(29)23-13(3)4/h9-15,27H,5-8H2,1-4H3,(H,23,29)(H,24,28). The van der Waals surface area contributed by atoms with Crippen LogP contribution >= 0.6 is 0 Å². The molecule has 0 atom stereocenters. The maximum atomic E-state index is 12.6. The molecule has 1 aliphatic rings. The Labute approximate surface area is 171 Å². The number of aromatic nitrogens is 2. The Morgan fingerprint density at radius 1 is 1.21 bits per heavy atom. The molecule has 0 spiro atoms. The fraction of sp³-hybridized carbons (Fsp3) is 0.500. The molecule has 7 heteroatoms. The van der Waals surface area contributed by atoms with E-state index < -0.39 is 0 Å². The summed E-state index contributed by atoms with van der Waals surface area (Å²) in [6.45, 7) is 7.78. The molecule has 0 radical (unpaired) electrons. The van der Waals surface area contributed by atoms with Crippen LogP contribution in [0.15, 0.2) is 24.3 Å². The van der Waals surface area contributed by atoms with Crippen molar-refractivity contribution in [3.63, 3.8) is 0 Å². The third-order valence-corrected chi connectivity index (χ3v) is 5.23. The van der Waals surface area contributed by atoms with E-state index in [4.69, 9.17) is 0 Å². The van der Waals surface area contributed by atoms with Gasteiger partial charge in [-0.3, -0.25) is 4.79 Å². The van der Waals surface area contributed by atoms with Crippen LogP contribution in [0.3, 0.4) is 0 Å². The first-order valence-electron chi connectivity index (χ1n) is 10.4. The minimum Gasteiger partial charge on any atom is -0.507 e. The van der Waals surface area contributed by atoms with Gasteiger partial charge in [0.05, 0.1) is 11.4 Å². The molecule has 1 saturated carbocycles. The molecular formula is C22H30N4O3. The lowest BCUT2D eigenvalue weighted by Crippen LogP contribution is -2.35. The van der Waals surface area contributed by atoms with Crippen LogP contribution in [0.4, 0.5) is 10.5 Å². The van der Waals surface area contributed by atoms with E-state index in [2.05, 4.69) is 15.7 Å². The molecule has 2 amide bonds. The minimum absolute atomic E-state index is 0.000719. The molecule has 29 heavy (non-hydrogen) atoms. The van der Waals surface area contributed by atoms with Gasteiger partial charge >= 0.3 is 6.03 Å². The summed E-state index contributed by atoms with van der Waals surface area (Å²) < 4.78 is 1.40. The summed E-state index contributed by atoms with van der Waals surface area (Å²) in [6, 6.07) is 6.51. The van der Waals surface area contributed by atoms with Crippen LogP contribution in [0.5, 0.6) is 5.75 Å².